The number of hydrogen-bond acceptors (Lipinski definition) is 3. The van der Waals surface area contributed by atoms with Gasteiger partial charge in [0.1, 0.15) is 0 Å². The van der Waals surface area contributed by atoms with Crippen LogP contribution in [0.15, 0.2) is 0 Å². The molecule has 2 unspecified atom stereocenters. The van der Waals surface area contributed by atoms with Gasteiger partial charge in [0.05, 0.1) is 12.3 Å². The molecule has 0 bridgehead atoms. The third-order valence-electron chi connectivity index (χ3n) is 2.50. The number of aliphatic carboxylic acids is 1. The highest BCUT2D eigenvalue weighted by Crippen LogP contribution is 2.14. The van der Waals surface area contributed by atoms with Crippen molar-refractivity contribution in [3.63, 3.8) is 0 Å². The highest BCUT2D eigenvalue weighted by molar-refractivity contribution is 5.80. The van der Waals surface area contributed by atoms with Gasteiger partial charge in [-0.3, -0.25) is 9.59 Å². The number of carbonyl (C=O) groups excluding carboxylic acids is 1. The highest BCUT2D eigenvalue weighted by Gasteiger charge is 2.28. The summed E-state index contributed by atoms with van der Waals surface area (Å²) in [6.45, 7) is 3.05. The van der Waals surface area contributed by atoms with E-state index < -0.39 is 5.97 Å². The molecule has 0 saturated carbocycles. The van der Waals surface area contributed by atoms with Crippen LogP contribution in [0.5, 0.6) is 0 Å². The van der Waals surface area contributed by atoms with Gasteiger partial charge in [0, 0.05) is 12.6 Å². The fourth-order valence-corrected chi connectivity index (χ4v) is 1.64. The maximum atomic E-state index is 11.5. The number of carboxylic acids is 1. The summed E-state index contributed by atoms with van der Waals surface area (Å²) in [5.41, 5.74) is 0. The molecule has 0 aromatic rings. The Labute approximate surface area is 82.9 Å². The van der Waals surface area contributed by atoms with Crippen LogP contribution in [0.3, 0.4) is 0 Å². The van der Waals surface area contributed by atoms with E-state index in [4.69, 9.17) is 5.11 Å². The molecule has 14 heavy (non-hydrogen) atoms. The van der Waals surface area contributed by atoms with E-state index in [2.05, 4.69) is 10.6 Å². The van der Waals surface area contributed by atoms with Crippen LogP contribution >= 0.6 is 0 Å². The molecule has 0 aliphatic carbocycles. The van der Waals surface area contributed by atoms with Crippen molar-refractivity contribution in [2.45, 2.75) is 25.8 Å². The molecule has 80 valence electrons. The van der Waals surface area contributed by atoms with Crippen LogP contribution < -0.4 is 10.6 Å². The van der Waals surface area contributed by atoms with Gasteiger partial charge in [0.25, 0.3) is 0 Å². The van der Waals surface area contributed by atoms with E-state index in [9.17, 15) is 9.59 Å². The van der Waals surface area contributed by atoms with Crippen LogP contribution in [-0.4, -0.2) is 36.1 Å². The molecule has 3 N–H and O–H groups in total. The number of amides is 1. The minimum Gasteiger partial charge on any atom is -0.481 e. The predicted molar refractivity (Wildman–Crippen MR) is 50.8 cm³/mol. The predicted octanol–water partition coefficient (Wildman–Crippen LogP) is -0.425. The first-order valence-electron chi connectivity index (χ1n) is 4.84. The maximum Gasteiger partial charge on any atom is 0.305 e. The van der Waals surface area contributed by atoms with E-state index in [1.165, 1.54) is 0 Å². The van der Waals surface area contributed by atoms with Crippen LogP contribution in [-0.2, 0) is 9.59 Å². The lowest BCUT2D eigenvalue weighted by Gasteiger charge is -2.14. The quantitative estimate of drug-likeness (QED) is 0.575. The number of hydrogen-bond donors (Lipinski definition) is 3. The third-order valence-corrected chi connectivity index (χ3v) is 2.50. The van der Waals surface area contributed by atoms with Crippen molar-refractivity contribution >= 4 is 11.9 Å². The Morgan fingerprint density at radius 1 is 1.57 bits per heavy atom. The molecule has 1 aliphatic heterocycles. The number of carbonyl (C=O) groups is 2. The molecule has 2 atom stereocenters. The summed E-state index contributed by atoms with van der Waals surface area (Å²) < 4.78 is 0. The molecule has 1 fully saturated rings. The largest absolute Gasteiger partial charge is 0.481 e. The molecule has 1 heterocycles. The van der Waals surface area contributed by atoms with Gasteiger partial charge < -0.3 is 15.7 Å². The van der Waals surface area contributed by atoms with Crippen molar-refractivity contribution in [2.24, 2.45) is 5.92 Å². The standard InChI is InChI=1S/C9H16N2O3/c1-6-7(2-4-10-6)9(14)11-5-3-8(12)13/h6-7,10H,2-5H2,1H3,(H,11,14)(H,12,13). The van der Waals surface area contributed by atoms with Gasteiger partial charge in [-0.2, -0.15) is 0 Å². The molecule has 5 nitrogen and oxygen atoms in total. The lowest BCUT2D eigenvalue weighted by molar-refractivity contribution is -0.137. The first-order valence-corrected chi connectivity index (χ1v) is 4.84. The van der Waals surface area contributed by atoms with Crippen molar-refractivity contribution in [1.82, 2.24) is 10.6 Å². The SMILES string of the molecule is CC1NCCC1C(=O)NCCC(=O)O. The summed E-state index contributed by atoms with van der Waals surface area (Å²) in [6, 6.07) is 0.194. The summed E-state index contributed by atoms with van der Waals surface area (Å²) >= 11 is 0. The third kappa shape index (κ3) is 2.99. The van der Waals surface area contributed by atoms with E-state index in [0.29, 0.717) is 0 Å². The Morgan fingerprint density at radius 2 is 2.29 bits per heavy atom. The van der Waals surface area contributed by atoms with E-state index in [0.717, 1.165) is 13.0 Å². The Bertz CT molecular complexity index is 230. The second-order valence-corrected chi connectivity index (χ2v) is 3.57. The number of rotatable bonds is 4. The van der Waals surface area contributed by atoms with Gasteiger partial charge >= 0.3 is 5.97 Å². The molecule has 0 radical (unpaired) electrons. The molecule has 1 amide bonds. The van der Waals surface area contributed by atoms with Crippen LogP contribution in [0.1, 0.15) is 19.8 Å². The van der Waals surface area contributed by atoms with Gasteiger partial charge in [-0.25, -0.2) is 0 Å². The summed E-state index contributed by atoms with van der Waals surface area (Å²) in [5.74, 6) is -0.935. The van der Waals surface area contributed by atoms with Crippen molar-refractivity contribution in [1.29, 1.82) is 0 Å². The Morgan fingerprint density at radius 3 is 2.79 bits per heavy atom. The molecule has 0 spiro atoms. The molecule has 0 aromatic heterocycles. The molecule has 1 aliphatic rings. The normalized spacial score (nSPS) is 26.1. The average molecular weight is 200 g/mol. The van der Waals surface area contributed by atoms with Crippen LogP contribution in [0.4, 0.5) is 0 Å². The minimum atomic E-state index is -0.886. The number of nitrogens with one attached hydrogen (secondary N) is 2. The fraction of sp³-hybridized carbons (Fsp3) is 0.778. The highest BCUT2D eigenvalue weighted by atomic mass is 16.4. The van der Waals surface area contributed by atoms with Crippen molar-refractivity contribution < 1.29 is 14.7 Å². The van der Waals surface area contributed by atoms with Gasteiger partial charge in [0.2, 0.25) is 5.91 Å². The monoisotopic (exact) mass is 200 g/mol. The Balaban J connectivity index is 2.24. The number of carboxylic acid groups (broad SMARTS) is 1. The Hall–Kier alpha value is -1.10. The summed E-state index contributed by atoms with van der Waals surface area (Å²) in [5, 5.41) is 14.2. The Kier molecular flexibility index (Phi) is 3.88. The van der Waals surface area contributed by atoms with Crippen LogP contribution in [0, 0.1) is 5.92 Å². The zero-order chi connectivity index (χ0) is 10.6. The second-order valence-electron chi connectivity index (χ2n) is 3.57. The average Bonchev–Trinajstić information content (AvgIpc) is 2.50. The second kappa shape index (κ2) is 4.95. The first-order chi connectivity index (χ1) is 6.61. The molecule has 1 saturated heterocycles. The van der Waals surface area contributed by atoms with Gasteiger partial charge in [-0.05, 0) is 19.9 Å². The van der Waals surface area contributed by atoms with Crippen LogP contribution in [0.25, 0.3) is 0 Å². The lowest BCUT2D eigenvalue weighted by Crippen LogP contribution is -2.37. The molecule has 0 aromatic carbocycles. The topological polar surface area (TPSA) is 78.4 Å². The zero-order valence-electron chi connectivity index (χ0n) is 8.25. The van der Waals surface area contributed by atoms with Crippen molar-refractivity contribution in [3.05, 3.63) is 0 Å². The summed E-state index contributed by atoms with van der Waals surface area (Å²) in [4.78, 5) is 21.7. The van der Waals surface area contributed by atoms with E-state index >= 15 is 0 Å². The maximum absolute atomic E-state index is 11.5. The first kappa shape index (κ1) is 11.0. The molecule has 5 heteroatoms. The van der Waals surface area contributed by atoms with Gasteiger partial charge in [-0.1, -0.05) is 0 Å². The zero-order valence-corrected chi connectivity index (χ0v) is 8.25. The van der Waals surface area contributed by atoms with E-state index in [-0.39, 0.29) is 30.8 Å². The van der Waals surface area contributed by atoms with Crippen molar-refractivity contribution in [2.75, 3.05) is 13.1 Å². The van der Waals surface area contributed by atoms with Crippen LogP contribution in [0.2, 0.25) is 0 Å². The van der Waals surface area contributed by atoms with Crippen molar-refractivity contribution in [3.8, 4) is 0 Å². The smallest absolute Gasteiger partial charge is 0.305 e. The summed E-state index contributed by atoms with van der Waals surface area (Å²) in [7, 11) is 0. The molecule has 1 rings (SSSR count). The minimum absolute atomic E-state index is 0.0104. The molecular weight excluding hydrogens is 184 g/mol. The van der Waals surface area contributed by atoms with Gasteiger partial charge in [-0.15, -0.1) is 0 Å². The van der Waals surface area contributed by atoms with E-state index in [1.54, 1.807) is 0 Å². The lowest BCUT2D eigenvalue weighted by atomic mass is 10.0. The fourth-order valence-electron chi connectivity index (χ4n) is 1.64. The molecular formula is C9H16N2O3. The summed E-state index contributed by atoms with van der Waals surface area (Å²) in [6.07, 6.45) is 0.820. The van der Waals surface area contributed by atoms with E-state index in [1.807, 2.05) is 6.92 Å². The van der Waals surface area contributed by atoms with Gasteiger partial charge in [0.15, 0.2) is 0 Å².